The van der Waals surface area contributed by atoms with Crippen molar-refractivity contribution in [2.24, 2.45) is 5.41 Å². The fourth-order valence-corrected chi connectivity index (χ4v) is 3.84. The first kappa shape index (κ1) is 16.8. The molecule has 3 nitrogen and oxygen atoms in total. The minimum Gasteiger partial charge on any atom is -0.456 e. The molecule has 0 aromatic rings. The average molecular weight is 296 g/mol. The molecule has 0 aromatic carbocycles. The maximum absolute atomic E-state index is 12.6. The van der Waals surface area contributed by atoms with Gasteiger partial charge in [-0.1, -0.05) is 32.6 Å². The zero-order valence-electron chi connectivity index (χ0n) is 14.0. The predicted octanol–water partition coefficient (Wildman–Crippen LogP) is 4.36. The van der Waals surface area contributed by atoms with Gasteiger partial charge in [0.05, 0.1) is 5.41 Å². The molecule has 21 heavy (non-hydrogen) atoms. The molecule has 3 heteroatoms. The second-order valence-electron chi connectivity index (χ2n) is 7.77. The van der Waals surface area contributed by atoms with E-state index in [0.29, 0.717) is 0 Å². The van der Waals surface area contributed by atoms with Crippen LogP contribution >= 0.6 is 0 Å². The fourth-order valence-electron chi connectivity index (χ4n) is 3.84. The van der Waals surface area contributed by atoms with Crippen molar-refractivity contribution in [2.75, 3.05) is 0 Å². The highest BCUT2D eigenvalue weighted by Gasteiger charge is 2.55. The van der Waals surface area contributed by atoms with Crippen LogP contribution < -0.4 is 0 Å². The molecular weight excluding hydrogens is 264 g/mol. The topological polar surface area (TPSA) is 46.5 Å². The van der Waals surface area contributed by atoms with Gasteiger partial charge in [0.15, 0.2) is 0 Å². The van der Waals surface area contributed by atoms with E-state index in [2.05, 4.69) is 0 Å². The predicted molar refractivity (Wildman–Crippen MR) is 84.0 cm³/mol. The van der Waals surface area contributed by atoms with Gasteiger partial charge >= 0.3 is 5.97 Å². The molecule has 0 heterocycles. The number of carbonyl (C=O) groups is 1. The Balaban J connectivity index is 2.25. The average Bonchev–Trinajstić information content (AvgIpc) is 2.43. The Bertz CT molecular complexity index is 377. The van der Waals surface area contributed by atoms with Gasteiger partial charge in [-0.05, 0) is 58.8 Å². The lowest BCUT2D eigenvalue weighted by Crippen LogP contribution is -2.60. The van der Waals surface area contributed by atoms with Crippen LogP contribution in [0.15, 0.2) is 0 Å². The normalized spacial score (nSPS) is 34.5. The third kappa shape index (κ3) is 3.28. The third-order valence-corrected chi connectivity index (χ3v) is 5.91. The molecule has 2 rings (SSSR count). The number of aliphatic hydroxyl groups is 1. The van der Waals surface area contributed by atoms with Gasteiger partial charge in [-0.2, -0.15) is 0 Å². The summed E-state index contributed by atoms with van der Waals surface area (Å²) in [6.45, 7) is 5.90. The molecule has 2 aliphatic carbocycles. The molecule has 0 aliphatic heterocycles. The van der Waals surface area contributed by atoms with Gasteiger partial charge in [0, 0.05) is 0 Å². The van der Waals surface area contributed by atoms with Crippen LogP contribution in [0.4, 0.5) is 0 Å². The number of esters is 1. The number of hydrogen-bond acceptors (Lipinski definition) is 3. The van der Waals surface area contributed by atoms with Crippen LogP contribution in [0.25, 0.3) is 0 Å². The largest absolute Gasteiger partial charge is 0.456 e. The Morgan fingerprint density at radius 2 is 1.48 bits per heavy atom. The number of hydrogen-bond donors (Lipinski definition) is 1. The van der Waals surface area contributed by atoms with Gasteiger partial charge in [0.25, 0.3) is 0 Å². The molecule has 1 N–H and O–H groups in total. The zero-order valence-corrected chi connectivity index (χ0v) is 14.0. The Labute approximate surface area is 129 Å². The number of fused-ring (bicyclic) bond motifs is 1. The van der Waals surface area contributed by atoms with E-state index < -0.39 is 16.6 Å². The van der Waals surface area contributed by atoms with E-state index in [-0.39, 0.29) is 5.97 Å². The lowest BCUT2D eigenvalue weighted by molar-refractivity contribution is -0.224. The van der Waals surface area contributed by atoms with Crippen molar-refractivity contribution in [3.63, 3.8) is 0 Å². The summed E-state index contributed by atoms with van der Waals surface area (Å²) in [5.74, 6) is -0.133. The second kappa shape index (κ2) is 6.28. The molecule has 0 aromatic heterocycles. The maximum Gasteiger partial charge on any atom is 0.312 e. The first-order chi connectivity index (χ1) is 9.85. The summed E-state index contributed by atoms with van der Waals surface area (Å²) in [6.07, 6.45) is 10.6. The van der Waals surface area contributed by atoms with Gasteiger partial charge in [-0.25, -0.2) is 0 Å². The van der Waals surface area contributed by atoms with E-state index in [1.807, 2.05) is 20.8 Å². The van der Waals surface area contributed by atoms with E-state index >= 15 is 0 Å². The number of carbonyl (C=O) groups excluding carboxylic acids is 1. The van der Waals surface area contributed by atoms with Crippen LogP contribution in [-0.2, 0) is 9.53 Å². The maximum atomic E-state index is 12.6. The highest BCUT2D eigenvalue weighted by molar-refractivity contribution is 5.76. The zero-order chi connectivity index (χ0) is 15.6. The highest BCUT2D eigenvalue weighted by atomic mass is 16.6. The Morgan fingerprint density at radius 3 is 2.05 bits per heavy atom. The lowest BCUT2D eigenvalue weighted by Gasteiger charge is -2.51. The Hall–Kier alpha value is -0.570. The summed E-state index contributed by atoms with van der Waals surface area (Å²) >= 11 is 0. The smallest absolute Gasteiger partial charge is 0.312 e. The van der Waals surface area contributed by atoms with Gasteiger partial charge in [0.1, 0.15) is 11.2 Å². The quantitative estimate of drug-likeness (QED) is 0.787. The van der Waals surface area contributed by atoms with Crippen LogP contribution in [0.5, 0.6) is 0 Å². The first-order valence-electron chi connectivity index (χ1n) is 8.81. The van der Waals surface area contributed by atoms with Crippen LogP contribution in [-0.4, -0.2) is 22.3 Å². The summed E-state index contributed by atoms with van der Waals surface area (Å²) in [4.78, 5) is 12.6. The van der Waals surface area contributed by atoms with Crippen LogP contribution in [0.1, 0.15) is 91.4 Å². The summed E-state index contributed by atoms with van der Waals surface area (Å²) < 4.78 is 6.09. The standard InChI is InChI=1S/C18H32O3/c1-4-16(2,3)15(19)21-18-13-8-6-5-7-11-17(18,20)12-9-10-14-18/h20H,4-14H2,1-3H3. The highest BCUT2D eigenvalue weighted by Crippen LogP contribution is 2.48. The van der Waals surface area contributed by atoms with Gasteiger partial charge in [-0.15, -0.1) is 0 Å². The molecule has 0 amide bonds. The Kier molecular flexibility index (Phi) is 5.02. The number of ether oxygens (including phenoxy) is 1. The Morgan fingerprint density at radius 1 is 1.00 bits per heavy atom. The molecule has 2 unspecified atom stereocenters. The molecule has 2 aliphatic rings. The van der Waals surface area contributed by atoms with Crippen molar-refractivity contribution in [3.05, 3.63) is 0 Å². The first-order valence-corrected chi connectivity index (χ1v) is 8.81. The van der Waals surface area contributed by atoms with Crippen molar-refractivity contribution < 1.29 is 14.6 Å². The fraction of sp³-hybridized carbons (Fsp3) is 0.944. The molecule has 0 spiro atoms. The summed E-state index contributed by atoms with van der Waals surface area (Å²) in [6, 6.07) is 0. The number of rotatable bonds is 3. The lowest BCUT2D eigenvalue weighted by atomic mass is 9.65. The van der Waals surface area contributed by atoms with E-state index in [1.54, 1.807) is 0 Å². The van der Waals surface area contributed by atoms with E-state index in [4.69, 9.17) is 4.74 Å². The molecule has 2 fully saturated rings. The minimum atomic E-state index is -0.800. The third-order valence-electron chi connectivity index (χ3n) is 5.91. The van der Waals surface area contributed by atoms with Gasteiger partial charge in [-0.3, -0.25) is 4.79 Å². The molecule has 2 atom stereocenters. The van der Waals surface area contributed by atoms with Crippen molar-refractivity contribution in [2.45, 2.75) is 103 Å². The van der Waals surface area contributed by atoms with Crippen LogP contribution in [0, 0.1) is 5.41 Å². The van der Waals surface area contributed by atoms with Gasteiger partial charge in [0.2, 0.25) is 0 Å². The van der Waals surface area contributed by atoms with Crippen molar-refractivity contribution in [3.8, 4) is 0 Å². The molecular formula is C18H32O3. The van der Waals surface area contributed by atoms with E-state index in [9.17, 15) is 9.90 Å². The minimum absolute atomic E-state index is 0.133. The van der Waals surface area contributed by atoms with E-state index in [0.717, 1.165) is 57.8 Å². The summed E-state index contributed by atoms with van der Waals surface area (Å²) in [5.41, 5.74) is -1.89. The SMILES string of the molecule is CCC(C)(C)C(=O)OC12CCCCCCC1(O)CCCC2. The molecule has 0 bridgehead atoms. The second-order valence-corrected chi connectivity index (χ2v) is 7.77. The summed E-state index contributed by atoms with van der Waals surface area (Å²) in [7, 11) is 0. The van der Waals surface area contributed by atoms with Crippen LogP contribution in [0.3, 0.4) is 0 Å². The molecule has 2 saturated carbocycles. The molecule has 0 radical (unpaired) electrons. The summed E-state index contributed by atoms with van der Waals surface area (Å²) in [5, 5.41) is 11.3. The van der Waals surface area contributed by atoms with Crippen LogP contribution in [0.2, 0.25) is 0 Å². The molecule has 122 valence electrons. The molecule has 0 saturated heterocycles. The van der Waals surface area contributed by atoms with Gasteiger partial charge < -0.3 is 9.84 Å². The van der Waals surface area contributed by atoms with Crippen molar-refractivity contribution in [1.29, 1.82) is 0 Å². The van der Waals surface area contributed by atoms with Crippen molar-refractivity contribution in [1.82, 2.24) is 0 Å². The van der Waals surface area contributed by atoms with E-state index in [1.165, 1.54) is 12.8 Å². The van der Waals surface area contributed by atoms with Crippen molar-refractivity contribution >= 4 is 5.97 Å². The monoisotopic (exact) mass is 296 g/mol.